The number of aliphatic hydroxyl groups is 5. The van der Waals surface area contributed by atoms with Crippen LogP contribution in [0.3, 0.4) is 0 Å². The first-order chi connectivity index (χ1) is 26.3. The lowest BCUT2D eigenvalue weighted by Crippen LogP contribution is -2.60. The molecule has 0 aromatic rings. The molecule has 0 aromatic carbocycles. The van der Waals surface area contributed by atoms with Gasteiger partial charge in [-0.3, -0.25) is 4.79 Å². The van der Waals surface area contributed by atoms with E-state index in [1.54, 1.807) is 0 Å². The van der Waals surface area contributed by atoms with Crippen LogP contribution in [0.25, 0.3) is 0 Å². The van der Waals surface area contributed by atoms with Crippen LogP contribution >= 0.6 is 0 Å². The number of unbranched alkanes of at least 4 members (excludes halogenated alkanes) is 26. The van der Waals surface area contributed by atoms with Gasteiger partial charge in [0.2, 0.25) is 5.91 Å². The topological polar surface area (TPSA) is 149 Å². The molecular weight excluding hydrogens is 682 g/mol. The van der Waals surface area contributed by atoms with Crippen LogP contribution in [0.4, 0.5) is 0 Å². The maximum absolute atomic E-state index is 13.0. The number of hydrogen-bond donors (Lipinski definition) is 6. The van der Waals surface area contributed by atoms with Gasteiger partial charge in [-0.15, -0.1) is 0 Å². The molecular formula is C45H87NO8. The highest BCUT2D eigenvalue weighted by Gasteiger charge is 2.44. The minimum atomic E-state index is -1.55. The molecule has 1 aliphatic heterocycles. The molecule has 1 fully saturated rings. The van der Waals surface area contributed by atoms with Crippen LogP contribution in [0.5, 0.6) is 0 Å². The van der Waals surface area contributed by atoms with E-state index >= 15 is 0 Å². The quantitative estimate of drug-likeness (QED) is 0.0269. The molecule has 6 N–H and O–H groups in total. The van der Waals surface area contributed by atoms with Crippen molar-refractivity contribution in [2.75, 3.05) is 13.2 Å². The summed E-state index contributed by atoms with van der Waals surface area (Å²) in [5, 5.41) is 54.3. The highest BCUT2D eigenvalue weighted by molar-refractivity contribution is 5.76. The molecule has 7 atom stereocenters. The van der Waals surface area contributed by atoms with Crippen LogP contribution in [-0.4, -0.2) is 87.5 Å². The zero-order chi connectivity index (χ0) is 39.5. The fourth-order valence-electron chi connectivity index (χ4n) is 7.39. The van der Waals surface area contributed by atoms with E-state index in [0.29, 0.717) is 12.8 Å². The van der Waals surface area contributed by atoms with Crippen molar-refractivity contribution in [1.82, 2.24) is 5.32 Å². The molecule has 320 valence electrons. The van der Waals surface area contributed by atoms with E-state index in [0.717, 1.165) is 38.5 Å². The van der Waals surface area contributed by atoms with Crippen molar-refractivity contribution in [2.24, 2.45) is 0 Å². The van der Waals surface area contributed by atoms with Crippen molar-refractivity contribution in [1.29, 1.82) is 0 Å². The van der Waals surface area contributed by atoms with Gasteiger partial charge in [0.15, 0.2) is 6.29 Å². The molecule has 1 amide bonds. The molecule has 0 aromatic heterocycles. The SMILES string of the molecule is CCCCCCCC/C=C\CCCCCCCCCC(=O)NC(COC1OC(CO)C(O)C(O)C1O)C(O)CCCCCCCCCCCCCCCC. The zero-order valence-corrected chi connectivity index (χ0v) is 35.0. The number of carbonyl (C=O) groups excluding carboxylic acids is 1. The Morgan fingerprint density at radius 1 is 0.611 bits per heavy atom. The third-order valence-electron chi connectivity index (χ3n) is 11.1. The minimum absolute atomic E-state index is 0.136. The molecule has 1 saturated heterocycles. The van der Waals surface area contributed by atoms with E-state index < -0.39 is 49.5 Å². The Morgan fingerprint density at radius 2 is 1.04 bits per heavy atom. The van der Waals surface area contributed by atoms with Crippen LogP contribution in [-0.2, 0) is 14.3 Å². The summed E-state index contributed by atoms with van der Waals surface area (Å²) in [6.45, 7) is 3.83. The summed E-state index contributed by atoms with van der Waals surface area (Å²) in [6.07, 6.45) is 33.5. The third-order valence-corrected chi connectivity index (χ3v) is 11.1. The average molecular weight is 770 g/mol. The molecule has 1 heterocycles. The second kappa shape index (κ2) is 36.3. The van der Waals surface area contributed by atoms with Crippen LogP contribution in [0.1, 0.15) is 213 Å². The van der Waals surface area contributed by atoms with Gasteiger partial charge in [0.1, 0.15) is 24.4 Å². The highest BCUT2D eigenvalue weighted by Crippen LogP contribution is 2.23. The number of carbonyl (C=O) groups is 1. The summed E-state index contributed by atoms with van der Waals surface area (Å²) < 4.78 is 11.2. The van der Waals surface area contributed by atoms with Gasteiger partial charge < -0.3 is 40.3 Å². The van der Waals surface area contributed by atoms with Gasteiger partial charge in [0.05, 0.1) is 25.4 Å². The smallest absolute Gasteiger partial charge is 0.220 e. The number of ether oxygens (including phenoxy) is 2. The van der Waals surface area contributed by atoms with Gasteiger partial charge in [-0.05, 0) is 38.5 Å². The Kier molecular flexibility index (Phi) is 34.2. The van der Waals surface area contributed by atoms with Gasteiger partial charge in [0, 0.05) is 6.42 Å². The molecule has 0 radical (unpaired) electrons. The number of hydrogen-bond acceptors (Lipinski definition) is 8. The summed E-state index contributed by atoms with van der Waals surface area (Å²) >= 11 is 0. The summed E-state index contributed by atoms with van der Waals surface area (Å²) in [5.74, 6) is -0.148. The predicted octanol–water partition coefficient (Wildman–Crippen LogP) is 9.34. The lowest BCUT2D eigenvalue weighted by atomic mass is 9.99. The van der Waals surface area contributed by atoms with Crippen molar-refractivity contribution in [3.05, 3.63) is 12.2 Å². The van der Waals surface area contributed by atoms with Gasteiger partial charge in [-0.25, -0.2) is 0 Å². The summed E-state index contributed by atoms with van der Waals surface area (Å²) in [5.41, 5.74) is 0. The standard InChI is InChI=1S/C45H87NO8/c1-3-5-7-9-11-13-15-17-19-20-21-23-25-27-29-31-33-35-41(49)46-38(37-53-45-44(52)43(51)42(50)40(36-47)54-45)39(48)34-32-30-28-26-24-22-18-16-14-12-10-8-6-4-2/h17,19,38-40,42-45,47-48,50-52H,3-16,18,20-37H2,1-2H3,(H,46,49)/b19-17-. The van der Waals surface area contributed by atoms with E-state index in [1.165, 1.54) is 148 Å². The van der Waals surface area contributed by atoms with Crippen molar-refractivity contribution in [3.8, 4) is 0 Å². The molecule has 0 aliphatic carbocycles. The van der Waals surface area contributed by atoms with Crippen molar-refractivity contribution < 1.29 is 39.8 Å². The summed E-state index contributed by atoms with van der Waals surface area (Å²) in [6, 6.07) is -0.716. The first kappa shape index (κ1) is 50.9. The Bertz CT molecular complexity index is 858. The van der Waals surface area contributed by atoms with Gasteiger partial charge >= 0.3 is 0 Å². The molecule has 0 bridgehead atoms. The molecule has 9 nitrogen and oxygen atoms in total. The van der Waals surface area contributed by atoms with E-state index in [9.17, 15) is 30.3 Å². The molecule has 1 aliphatic rings. The van der Waals surface area contributed by atoms with Crippen LogP contribution in [0.2, 0.25) is 0 Å². The number of rotatable bonds is 38. The lowest BCUT2D eigenvalue weighted by Gasteiger charge is -2.40. The maximum Gasteiger partial charge on any atom is 0.220 e. The van der Waals surface area contributed by atoms with Gasteiger partial charge in [0.25, 0.3) is 0 Å². The van der Waals surface area contributed by atoms with Gasteiger partial charge in [-0.1, -0.05) is 180 Å². The van der Waals surface area contributed by atoms with E-state index in [4.69, 9.17) is 9.47 Å². The molecule has 1 rings (SSSR count). The fraction of sp³-hybridized carbons (Fsp3) is 0.933. The Labute approximate surface area is 331 Å². The lowest BCUT2D eigenvalue weighted by molar-refractivity contribution is -0.302. The maximum atomic E-state index is 13.0. The van der Waals surface area contributed by atoms with Crippen LogP contribution < -0.4 is 5.32 Å². The van der Waals surface area contributed by atoms with E-state index in [-0.39, 0.29) is 12.5 Å². The molecule has 0 saturated carbocycles. The van der Waals surface area contributed by atoms with Crippen LogP contribution in [0.15, 0.2) is 12.2 Å². The van der Waals surface area contributed by atoms with Crippen LogP contribution in [0, 0.1) is 0 Å². The van der Waals surface area contributed by atoms with Crippen molar-refractivity contribution in [2.45, 2.75) is 256 Å². The van der Waals surface area contributed by atoms with E-state index in [1.807, 2.05) is 0 Å². The zero-order valence-electron chi connectivity index (χ0n) is 35.0. The third kappa shape index (κ3) is 26.7. The molecule has 7 unspecified atom stereocenters. The molecule has 54 heavy (non-hydrogen) atoms. The average Bonchev–Trinajstić information content (AvgIpc) is 3.17. The Balaban J connectivity index is 2.33. The second-order valence-corrected chi connectivity index (χ2v) is 16.2. The molecule has 0 spiro atoms. The molecule has 9 heteroatoms. The van der Waals surface area contributed by atoms with Crippen molar-refractivity contribution in [3.63, 3.8) is 0 Å². The number of nitrogens with one attached hydrogen (secondary N) is 1. The highest BCUT2D eigenvalue weighted by atomic mass is 16.7. The first-order valence-corrected chi connectivity index (χ1v) is 22.9. The normalized spacial score (nSPS) is 21.5. The first-order valence-electron chi connectivity index (χ1n) is 22.9. The second-order valence-electron chi connectivity index (χ2n) is 16.2. The predicted molar refractivity (Wildman–Crippen MR) is 221 cm³/mol. The van der Waals surface area contributed by atoms with Gasteiger partial charge in [-0.2, -0.15) is 0 Å². The largest absolute Gasteiger partial charge is 0.394 e. The monoisotopic (exact) mass is 770 g/mol. The summed E-state index contributed by atoms with van der Waals surface area (Å²) in [4.78, 5) is 13.0. The number of aliphatic hydroxyl groups excluding tert-OH is 5. The number of allylic oxidation sites excluding steroid dienone is 2. The minimum Gasteiger partial charge on any atom is -0.394 e. The Hall–Kier alpha value is -1.07. The number of amides is 1. The van der Waals surface area contributed by atoms with E-state index in [2.05, 4.69) is 31.3 Å². The fourth-order valence-corrected chi connectivity index (χ4v) is 7.39. The Morgan fingerprint density at radius 3 is 1.50 bits per heavy atom. The summed E-state index contributed by atoms with van der Waals surface area (Å²) in [7, 11) is 0. The van der Waals surface area contributed by atoms with Crippen molar-refractivity contribution >= 4 is 5.91 Å².